The average molecular weight is 318 g/mol. The SMILES string of the molecule is CCCOC1(CC)C(N)CCC[Si]1(OCCC)OCCC. The highest BCUT2D eigenvalue weighted by Crippen LogP contribution is 2.42. The van der Waals surface area contributed by atoms with Gasteiger partial charge in [0.15, 0.2) is 0 Å². The van der Waals surface area contributed by atoms with E-state index in [9.17, 15) is 0 Å². The molecule has 0 amide bonds. The van der Waals surface area contributed by atoms with Crippen molar-refractivity contribution in [1.29, 1.82) is 0 Å². The van der Waals surface area contributed by atoms with E-state index in [0.29, 0.717) is 0 Å². The van der Waals surface area contributed by atoms with E-state index in [0.717, 1.165) is 64.4 Å². The van der Waals surface area contributed by atoms with E-state index >= 15 is 0 Å². The van der Waals surface area contributed by atoms with Crippen molar-refractivity contribution >= 4 is 8.56 Å². The molecule has 0 bridgehead atoms. The average Bonchev–Trinajstić information content (AvgIpc) is 2.51. The summed E-state index contributed by atoms with van der Waals surface area (Å²) in [7, 11) is -2.45. The molecule has 4 nitrogen and oxygen atoms in total. The Morgan fingerprint density at radius 2 is 1.57 bits per heavy atom. The molecule has 0 radical (unpaired) electrons. The van der Waals surface area contributed by atoms with E-state index in [1.807, 2.05) is 0 Å². The van der Waals surface area contributed by atoms with Crippen LogP contribution < -0.4 is 5.73 Å². The Balaban J connectivity index is 3.09. The second-order valence-corrected chi connectivity index (χ2v) is 9.47. The molecule has 5 heteroatoms. The molecule has 2 atom stereocenters. The first-order valence-electron chi connectivity index (χ1n) is 8.79. The molecule has 1 aliphatic heterocycles. The van der Waals surface area contributed by atoms with Crippen LogP contribution in [0.3, 0.4) is 0 Å². The second kappa shape index (κ2) is 9.25. The lowest BCUT2D eigenvalue weighted by atomic mass is 10.0. The van der Waals surface area contributed by atoms with Gasteiger partial charge in [-0.05, 0) is 44.6 Å². The zero-order valence-corrected chi connectivity index (χ0v) is 15.5. The highest BCUT2D eigenvalue weighted by molar-refractivity contribution is 6.71. The maximum atomic E-state index is 6.53. The second-order valence-electron chi connectivity index (χ2n) is 6.04. The quantitative estimate of drug-likeness (QED) is 0.626. The Hall–Kier alpha value is 0.0569. The van der Waals surface area contributed by atoms with Crippen LogP contribution in [0.15, 0.2) is 0 Å². The van der Waals surface area contributed by atoms with Crippen LogP contribution in [0, 0.1) is 0 Å². The van der Waals surface area contributed by atoms with Crippen LogP contribution >= 0.6 is 0 Å². The Labute approximate surface area is 132 Å². The van der Waals surface area contributed by atoms with Gasteiger partial charge in [-0.25, -0.2) is 0 Å². The van der Waals surface area contributed by atoms with Gasteiger partial charge in [-0.15, -0.1) is 0 Å². The summed E-state index contributed by atoms with van der Waals surface area (Å²) in [6, 6.07) is 1.04. The maximum absolute atomic E-state index is 6.53. The lowest BCUT2D eigenvalue weighted by Gasteiger charge is -2.52. The molecule has 1 rings (SSSR count). The van der Waals surface area contributed by atoms with E-state index in [2.05, 4.69) is 27.7 Å². The van der Waals surface area contributed by atoms with Gasteiger partial charge in [-0.3, -0.25) is 0 Å². The lowest BCUT2D eigenvalue weighted by Crippen LogP contribution is -2.73. The molecule has 21 heavy (non-hydrogen) atoms. The summed E-state index contributed by atoms with van der Waals surface area (Å²) in [5, 5.41) is -0.383. The molecule has 0 spiro atoms. The molecule has 0 aliphatic carbocycles. The largest absolute Gasteiger partial charge is 0.393 e. The summed E-state index contributed by atoms with van der Waals surface area (Å²) >= 11 is 0. The van der Waals surface area contributed by atoms with E-state index < -0.39 is 8.56 Å². The number of hydrogen-bond acceptors (Lipinski definition) is 4. The zero-order valence-electron chi connectivity index (χ0n) is 14.5. The summed E-state index contributed by atoms with van der Waals surface area (Å²) < 4.78 is 19.2. The van der Waals surface area contributed by atoms with Crippen molar-refractivity contribution in [2.24, 2.45) is 5.73 Å². The van der Waals surface area contributed by atoms with Crippen LogP contribution in [0.25, 0.3) is 0 Å². The summed E-state index contributed by atoms with van der Waals surface area (Å²) in [4.78, 5) is 0. The number of hydrogen-bond donors (Lipinski definition) is 1. The third-order valence-electron chi connectivity index (χ3n) is 4.43. The van der Waals surface area contributed by atoms with E-state index in [-0.39, 0.29) is 11.3 Å². The van der Waals surface area contributed by atoms with Crippen molar-refractivity contribution in [3.63, 3.8) is 0 Å². The fourth-order valence-electron chi connectivity index (χ4n) is 3.38. The molecule has 126 valence electrons. The summed E-state index contributed by atoms with van der Waals surface area (Å²) in [5.41, 5.74) is 6.53. The van der Waals surface area contributed by atoms with Crippen LogP contribution in [0.1, 0.15) is 66.2 Å². The summed E-state index contributed by atoms with van der Waals surface area (Å²) in [6.07, 6.45) is 6.00. The van der Waals surface area contributed by atoms with Crippen molar-refractivity contribution in [3.8, 4) is 0 Å². The smallest absolute Gasteiger partial charge is 0.372 e. The van der Waals surface area contributed by atoms with Gasteiger partial charge in [0, 0.05) is 25.9 Å². The molecule has 0 aromatic rings. The number of rotatable bonds is 10. The van der Waals surface area contributed by atoms with E-state index in [4.69, 9.17) is 19.3 Å². The van der Waals surface area contributed by atoms with Gasteiger partial charge < -0.3 is 19.3 Å². The molecule has 0 saturated carbocycles. The first-order valence-corrected chi connectivity index (χ1v) is 10.8. The maximum Gasteiger partial charge on any atom is 0.372 e. The Morgan fingerprint density at radius 3 is 2.05 bits per heavy atom. The molecule has 1 heterocycles. The third kappa shape index (κ3) is 4.08. The molecular weight excluding hydrogens is 282 g/mol. The summed E-state index contributed by atoms with van der Waals surface area (Å²) in [5.74, 6) is 0. The molecule has 2 unspecified atom stereocenters. The van der Waals surface area contributed by atoms with Gasteiger partial charge in [0.2, 0.25) is 0 Å². The molecule has 1 fully saturated rings. The van der Waals surface area contributed by atoms with Gasteiger partial charge in [-0.2, -0.15) is 0 Å². The summed E-state index contributed by atoms with van der Waals surface area (Å²) in [6.45, 7) is 10.8. The monoisotopic (exact) mass is 317 g/mol. The topological polar surface area (TPSA) is 53.7 Å². The van der Waals surface area contributed by atoms with Crippen LogP contribution in [-0.4, -0.2) is 39.6 Å². The van der Waals surface area contributed by atoms with Crippen molar-refractivity contribution in [2.75, 3.05) is 19.8 Å². The van der Waals surface area contributed by atoms with Crippen molar-refractivity contribution in [2.45, 2.75) is 83.5 Å². The number of ether oxygens (including phenoxy) is 1. The Bertz CT molecular complexity index is 283. The fourth-order valence-corrected chi connectivity index (χ4v) is 7.97. The van der Waals surface area contributed by atoms with Gasteiger partial charge in [0.25, 0.3) is 0 Å². The predicted molar refractivity (Wildman–Crippen MR) is 89.5 cm³/mol. The Kier molecular flexibility index (Phi) is 8.42. The predicted octanol–water partition coefficient (Wildman–Crippen LogP) is 3.52. The minimum Gasteiger partial charge on any atom is -0.393 e. The lowest BCUT2D eigenvalue weighted by molar-refractivity contribution is -0.0602. The third-order valence-corrected chi connectivity index (χ3v) is 8.94. The Morgan fingerprint density at radius 1 is 1.00 bits per heavy atom. The highest BCUT2D eigenvalue weighted by Gasteiger charge is 2.62. The zero-order chi connectivity index (χ0) is 15.8. The van der Waals surface area contributed by atoms with Gasteiger partial charge in [0.1, 0.15) is 5.22 Å². The van der Waals surface area contributed by atoms with Crippen molar-refractivity contribution in [1.82, 2.24) is 0 Å². The highest BCUT2D eigenvalue weighted by atomic mass is 28.4. The normalized spacial score (nSPS) is 28.7. The molecule has 0 aromatic carbocycles. The van der Waals surface area contributed by atoms with Gasteiger partial charge >= 0.3 is 8.56 Å². The van der Waals surface area contributed by atoms with E-state index in [1.165, 1.54) is 0 Å². The van der Waals surface area contributed by atoms with Crippen LogP contribution in [-0.2, 0) is 13.6 Å². The molecule has 1 aliphatic rings. The first-order chi connectivity index (χ1) is 10.1. The molecule has 0 aromatic heterocycles. The minimum atomic E-state index is -2.45. The number of nitrogens with two attached hydrogens (primary N) is 1. The van der Waals surface area contributed by atoms with Gasteiger partial charge in [-0.1, -0.05) is 27.7 Å². The molecular formula is C16H35NO3Si. The standard InChI is InChI=1S/C16H35NO3Si/c1-5-11-18-16(8-4)15(17)10-9-14-21(16,19-12-6-2)20-13-7-3/h15H,5-14,17H2,1-4H3. The van der Waals surface area contributed by atoms with Crippen LogP contribution in [0.4, 0.5) is 0 Å². The minimum absolute atomic E-state index is 0.0307. The molecule has 1 saturated heterocycles. The first kappa shape index (κ1) is 19.1. The van der Waals surface area contributed by atoms with Crippen LogP contribution in [0.2, 0.25) is 6.04 Å². The van der Waals surface area contributed by atoms with Crippen molar-refractivity contribution in [3.05, 3.63) is 0 Å². The molecule has 2 N–H and O–H groups in total. The van der Waals surface area contributed by atoms with Crippen LogP contribution in [0.5, 0.6) is 0 Å². The fraction of sp³-hybridized carbons (Fsp3) is 1.00. The van der Waals surface area contributed by atoms with Crippen molar-refractivity contribution < 1.29 is 13.6 Å². The van der Waals surface area contributed by atoms with Gasteiger partial charge in [0.05, 0.1) is 0 Å². The van der Waals surface area contributed by atoms with E-state index in [1.54, 1.807) is 0 Å².